The van der Waals surface area contributed by atoms with Gasteiger partial charge in [-0.15, -0.1) is 0 Å². The van der Waals surface area contributed by atoms with Gasteiger partial charge >= 0.3 is 23.9 Å². The molecule has 4 aromatic rings. The molecule has 0 radical (unpaired) electrons. The van der Waals surface area contributed by atoms with Gasteiger partial charge in [0.1, 0.15) is 11.4 Å². The highest BCUT2D eigenvalue weighted by molar-refractivity contribution is 5.94. The maximum absolute atomic E-state index is 10.5. The van der Waals surface area contributed by atoms with Gasteiger partial charge in [-0.05, 0) is 24.3 Å². The minimum absolute atomic E-state index is 0.233. The Morgan fingerprint density at radius 1 is 0.697 bits per heavy atom. The van der Waals surface area contributed by atoms with Gasteiger partial charge in [0.25, 0.3) is 0 Å². The predicted octanol–water partition coefficient (Wildman–Crippen LogP) is 2.64. The second-order valence-electron chi connectivity index (χ2n) is 6.60. The van der Waals surface area contributed by atoms with E-state index in [1.165, 1.54) is 0 Å². The van der Waals surface area contributed by atoms with Crippen molar-refractivity contribution in [2.24, 2.45) is 0 Å². The zero-order valence-electron chi connectivity index (χ0n) is 16.9. The standard InChI is InChI=1S/2C9H7NO2.C4H6O5/c2*11-9(12)8-5-6-3-1-2-4-7(6)10-8;5-2(4(8)9)1-3(6)7/h2*1-5,10H,(H,11,12);2,5H,1H2,(H,6,7)(H,8,9). The average Bonchev–Trinajstić information content (AvgIpc) is 3.38. The lowest BCUT2D eigenvalue weighted by Crippen LogP contribution is -2.22. The Morgan fingerprint density at radius 3 is 1.36 bits per heavy atom. The number of aromatic carboxylic acids is 2. The SMILES string of the molecule is O=C(O)CC(O)C(=O)O.O=C(O)c1cc2ccccc2[nH]1.O=C(O)c1cc2ccccc2[nH]1. The number of carbonyl (C=O) groups is 4. The third-order valence-corrected chi connectivity index (χ3v) is 4.17. The molecule has 11 nitrogen and oxygen atoms in total. The fourth-order valence-corrected chi connectivity index (χ4v) is 2.63. The van der Waals surface area contributed by atoms with Crippen LogP contribution < -0.4 is 0 Å². The average molecular weight is 456 g/mol. The Bertz CT molecular complexity index is 1140. The number of carboxylic acids is 4. The van der Waals surface area contributed by atoms with E-state index in [-0.39, 0.29) is 11.4 Å². The van der Waals surface area contributed by atoms with Crippen molar-refractivity contribution in [1.29, 1.82) is 0 Å². The molecule has 0 fully saturated rings. The number of hydrogen-bond acceptors (Lipinski definition) is 5. The number of H-pyrrole nitrogens is 2. The van der Waals surface area contributed by atoms with Gasteiger partial charge in [-0.3, -0.25) is 4.79 Å². The third-order valence-electron chi connectivity index (χ3n) is 4.17. The van der Waals surface area contributed by atoms with E-state index in [0.29, 0.717) is 0 Å². The first-order chi connectivity index (χ1) is 15.6. The van der Waals surface area contributed by atoms with Gasteiger partial charge in [0.05, 0.1) is 6.42 Å². The first kappa shape index (κ1) is 24.6. The van der Waals surface area contributed by atoms with Crippen molar-refractivity contribution in [2.75, 3.05) is 0 Å². The zero-order chi connectivity index (χ0) is 24.5. The van der Waals surface area contributed by atoms with Crippen LogP contribution in [0.1, 0.15) is 27.4 Å². The fourth-order valence-electron chi connectivity index (χ4n) is 2.63. The van der Waals surface area contributed by atoms with Crippen LogP contribution in [-0.4, -0.2) is 65.5 Å². The summed E-state index contributed by atoms with van der Waals surface area (Å²) in [5.74, 6) is -4.69. The van der Waals surface area contributed by atoms with E-state index in [2.05, 4.69) is 9.97 Å². The summed E-state index contributed by atoms with van der Waals surface area (Å²) in [5.41, 5.74) is 2.18. The molecule has 1 unspecified atom stereocenters. The van der Waals surface area contributed by atoms with E-state index in [9.17, 15) is 19.2 Å². The predicted molar refractivity (Wildman–Crippen MR) is 116 cm³/mol. The highest BCUT2D eigenvalue weighted by Crippen LogP contribution is 2.15. The first-order valence-corrected chi connectivity index (χ1v) is 9.33. The van der Waals surface area contributed by atoms with Gasteiger partial charge in [0.15, 0.2) is 6.10 Å². The van der Waals surface area contributed by atoms with Crippen molar-refractivity contribution >= 4 is 45.7 Å². The summed E-state index contributed by atoms with van der Waals surface area (Å²) < 4.78 is 0. The van der Waals surface area contributed by atoms with E-state index in [0.717, 1.165) is 21.8 Å². The van der Waals surface area contributed by atoms with Crippen molar-refractivity contribution in [3.05, 3.63) is 72.1 Å². The van der Waals surface area contributed by atoms with E-state index in [1.54, 1.807) is 12.1 Å². The minimum Gasteiger partial charge on any atom is -0.481 e. The van der Waals surface area contributed by atoms with Crippen LogP contribution in [0.5, 0.6) is 0 Å². The number of hydrogen-bond donors (Lipinski definition) is 7. The van der Waals surface area contributed by atoms with Crippen LogP contribution in [-0.2, 0) is 9.59 Å². The molecule has 7 N–H and O–H groups in total. The summed E-state index contributed by atoms with van der Waals surface area (Å²) in [6.45, 7) is 0. The minimum atomic E-state index is -1.79. The molecule has 0 saturated heterocycles. The molecular formula is C22H20N2O9. The van der Waals surface area contributed by atoms with Crippen molar-refractivity contribution < 1.29 is 44.7 Å². The lowest BCUT2D eigenvalue weighted by atomic mass is 10.2. The maximum Gasteiger partial charge on any atom is 0.352 e. The molecule has 0 aliphatic rings. The summed E-state index contributed by atoms with van der Waals surface area (Å²) in [5, 5.41) is 43.3. The highest BCUT2D eigenvalue weighted by Gasteiger charge is 2.16. The zero-order valence-corrected chi connectivity index (χ0v) is 16.9. The van der Waals surface area contributed by atoms with Crippen LogP contribution >= 0.6 is 0 Å². The number of fused-ring (bicyclic) bond motifs is 2. The van der Waals surface area contributed by atoms with Gasteiger partial charge in [-0.25, -0.2) is 14.4 Å². The largest absolute Gasteiger partial charge is 0.481 e. The molecule has 0 aliphatic carbocycles. The summed E-state index contributed by atoms with van der Waals surface area (Å²) >= 11 is 0. The van der Waals surface area contributed by atoms with Crippen LogP contribution in [0.2, 0.25) is 0 Å². The number of aliphatic hydroxyl groups is 1. The quantitative estimate of drug-likeness (QED) is 0.236. The molecule has 33 heavy (non-hydrogen) atoms. The number of carboxylic acid groups (broad SMARTS) is 4. The number of aliphatic carboxylic acids is 2. The molecule has 2 aromatic heterocycles. The highest BCUT2D eigenvalue weighted by atomic mass is 16.4. The van der Waals surface area contributed by atoms with Crippen LogP contribution in [0, 0.1) is 0 Å². The molecule has 0 spiro atoms. The van der Waals surface area contributed by atoms with Gasteiger partial charge in [0.2, 0.25) is 0 Å². The van der Waals surface area contributed by atoms with Crippen LogP contribution in [0.15, 0.2) is 60.7 Å². The van der Waals surface area contributed by atoms with E-state index in [1.807, 2.05) is 48.5 Å². The molecule has 0 bridgehead atoms. The fraction of sp³-hybridized carbons (Fsp3) is 0.0909. The van der Waals surface area contributed by atoms with Crippen molar-refractivity contribution in [3.8, 4) is 0 Å². The van der Waals surface area contributed by atoms with Gasteiger partial charge < -0.3 is 35.5 Å². The summed E-state index contributed by atoms with van der Waals surface area (Å²) in [6, 6.07) is 18.2. The Morgan fingerprint density at radius 2 is 1.09 bits per heavy atom. The topological polar surface area (TPSA) is 201 Å². The Kier molecular flexibility index (Phi) is 8.29. The molecule has 172 valence electrons. The molecule has 2 heterocycles. The number of aliphatic hydroxyl groups excluding tert-OH is 1. The summed E-state index contributed by atoms with van der Waals surface area (Å²) in [7, 11) is 0. The van der Waals surface area contributed by atoms with Crippen LogP contribution in [0.3, 0.4) is 0 Å². The lowest BCUT2D eigenvalue weighted by molar-refractivity contribution is -0.152. The molecule has 0 amide bonds. The number of rotatable bonds is 5. The van der Waals surface area contributed by atoms with E-state index in [4.69, 9.17) is 25.5 Å². The monoisotopic (exact) mass is 456 g/mol. The maximum atomic E-state index is 10.5. The number of aromatic nitrogens is 2. The van der Waals surface area contributed by atoms with Crippen molar-refractivity contribution in [3.63, 3.8) is 0 Å². The smallest absolute Gasteiger partial charge is 0.352 e. The molecular weight excluding hydrogens is 436 g/mol. The van der Waals surface area contributed by atoms with Crippen LogP contribution in [0.4, 0.5) is 0 Å². The van der Waals surface area contributed by atoms with Crippen molar-refractivity contribution in [2.45, 2.75) is 12.5 Å². The number of benzene rings is 2. The van der Waals surface area contributed by atoms with Crippen molar-refractivity contribution in [1.82, 2.24) is 9.97 Å². The summed E-state index contributed by atoms with van der Waals surface area (Å²) in [4.78, 5) is 46.1. The van der Waals surface area contributed by atoms with E-state index < -0.39 is 36.4 Å². The molecule has 0 saturated carbocycles. The Labute approximate surface area is 185 Å². The van der Waals surface area contributed by atoms with Gasteiger partial charge in [0, 0.05) is 21.8 Å². The number of aromatic amines is 2. The van der Waals surface area contributed by atoms with Gasteiger partial charge in [-0.2, -0.15) is 0 Å². The molecule has 4 rings (SSSR count). The van der Waals surface area contributed by atoms with Gasteiger partial charge in [-0.1, -0.05) is 36.4 Å². The second kappa shape index (κ2) is 11.1. The third kappa shape index (κ3) is 7.22. The number of nitrogens with one attached hydrogen (secondary N) is 2. The first-order valence-electron chi connectivity index (χ1n) is 9.33. The van der Waals surface area contributed by atoms with E-state index >= 15 is 0 Å². The second-order valence-corrected chi connectivity index (χ2v) is 6.60. The van der Waals surface area contributed by atoms with Crippen LogP contribution in [0.25, 0.3) is 21.8 Å². The normalized spacial score (nSPS) is 10.9. The number of para-hydroxylation sites is 2. The summed E-state index contributed by atoms with van der Waals surface area (Å²) in [6.07, 6.45) is -2.54. The lowest BCUT2D eigenvalue weighted by Gasteiger charge is -1.97. The molecule has 11 heteroatoms. The molecule has 2 aromatic carbocycles. The molecule has 0 aliphatic heterocycles. The molecule has 1 atom stereocenters. The Hall–Kier alpha value is -4.64. The Balaban J connectivity index is 0.000000178.